The first kappa shape index (κ1) is 30.3. The number of thioether (sulfide) groups is 1. The van der Waals surface area contributed by atoms with Crippen LogP contribution in [0.5, 0.6) is 11.5 Å². The Morgan fingerprint density at radius 2 is 2.00 bits per heavy atom. The molecule has 0 bridgehead atoms. The van der Waals surface area contributed by atoms with Crippen LogP contribution in [0.25, 0.3) is 0 Å². The van der Waals surface area contributed by atoms with E-state index in [0.717, 1.165) is 34.9 Å². The zero-order valence-corrected chi connectivity index (χ0v) is 26.3. The van der Waals surface area contributed by atoms with Gasteiger partial charge in [-0.2, -0.15) is 4.98 Å². The quantitative estimate of drug-likeness (QED) is 0.114. The molecule has 2 heterocycles. The molecular weight excluding hydrogens is 616 g/mol. The van der Waals surface area contributed by atoms with Gasteiger partial charge < -0.3 is 19.5 Å². The van der Waals surface area contributed by atoms with Crippen molar-refractivity contribution in [2.75, 3.05) is 25.6 Å². The second kappa shape index (κ2) is 14.3. The van der Waals surface area contributed by atoms with Gasteiger partial charge in [0.1, 0.15) is 6.04 Å². The molecule has 11 heteroatoms. The molecule has 0 aliphatic carbocycles. The fraction of sp³-hybridized carbons (Fsp3) is 0.414. The SMILES string of the molecule is CCCCCCOc1c(Br)cc(C2C(C(=O)OCC)=C(C)Nc3nc(SCc4ccccc4Cl)nn32)cc1OC. The van der Waals surface area contributed by atoms with Crippen LogP contribution in [0.4, 0.5) is 5.95 Å². The van der Waals surface area contributed by atoms with Crippen molar-refractivity contribution in [2.24, 2.45) is 0 Å². The van der Waals surface area contributed by atoms with Crippen molar-refractivity contribution in [1.29, 1.82) is 0 Å². The maximum atomic E-state index is 13.2. The molecule has 214 valence electrons. The second-order valence-corrected chi connectivity index (χ2v) is 11.5. The molecule has 0 amide bonds. The molecule has 1 N–H and O–H groups in total. The third-order valence-corrected chi connectivity index (χ3v) is 8.30. The molecule has 4 rings (SSSR count). The van der Waals surface area contributed by atoms with Gasteiger partial charge in [0.25, 0.3) is 0 Å². The van der Waals surface area contributed by atoms with Gasteiger partial charge in [0.05, 0.1) is 30.4 Å². The number of hydrogen-bond acceptors (Lipinski definition) is 8. The largest absolute Gasteiger partial charge is 0.493 e. The lowest BCUT2D eigenvalue weighted by molar-refractivity contribution is -0.139. The van der Waals surface area contributed by atoms with Crippen LogP contribution in [0.1, 0.15) is 63.6 Å². The third-order valence-electron chi connectivity index (χ3n) is 6.45. The number of anilines is 1. The average Bonchev–Trinajstić information content (AvgIpc) is 3.34. The van der Waals surface area contributed by atoms with E-state index in [9.17, 15) is 4.79 Å². The predicted octanol–water partition coefficient (Wildman–Crippen LogP) is 7.81. The number of rotatable bonds is 13. The highest BCUT2D eigenvalue weighted by Gasteiger charge is 2.36. The van der Waals surface area contributed by atoms with E-state index in [-0.39, 0.29) is 6.61 Å². The summed E-state index contributed by atoms with van der Waals surface area (Å²) in [4.78, 5) is 17.9. The van der Waals surface area contributed by atoms with Gasteiger partial charge in [-0.15, -0.1) is 5.10 Å². The van der Waals surface area contributed by atoms with Crippen LogP contribution >= 0.6 is 39.3 Å². The summed E-state index contributed by atoms with van der Waals surface area (Å²) in [5.74, 6) is 1.91. The normalized spacial score (nSPS) is 14.5. The minimum absolute atomic E-state index is 0.253. The number of esters is 1. The van der Waals surface area contributed by atoms with Crippen LogP contribution < -0.4 is 14.8 Å². The summed E-state index contributed by atoms with van der Waals surface area (Å²) >= 11 is 11.5. The zero-order chi connectivity index (χ0) is 28.6. The van der Waals surface area contributed by atoms with Gasteiger partial charge in [0.2, 0.25) is 11.1 Å². The molecular formula is C29H34BrClN4O4S. The van der Waals surface area contributed by atoms with E-state index in [4.69, 9.17) is 35.9 Å². The first-order valence-corrected chi connectivity index (χ1v) is 15.5. The summed E-state index contributed by atoms with van der Waals surface area (Å²) in [6.07, 6.45) is 4.42. The van der Waals surface area contributed by atoms with Crippen LogP contribution in [0.2, 0.25) is 5.02 Å². The molecule has 2 aromatic carbocycles. The fourth-order valence-electron chi connectivity index (χ4n) is 4.47. The number of aromatic nitrogens is 3. The van der Waals surface area contributed by atoms with Crippen LogP contribution in [0.15, 0.2) is 57.3 Å². The van der Waals surface area contributed by atoms with Gasteiger partial charge in [-0.25, -0.2) is 9.48 Å². The lowest BCUT2D eigenvalue weighted by Crippen LogP contribution is -2.29. The maximum absolute atomic E-state index is 13.2. The van der Waals surface area contributed by atoms with Crippen LogP contribution in [0, 0.1) is 0 Å². The number of benzene rings is 2. The van der Waals surface area contributed by atoms with Crippen LogP contribution in [-0.2, 0) is 15.3 Å². The zero-order valence-electron chi connectivity index (χ0n) is 23.1. The van der Waals surface area contributed by atoms with Crippen LogP contribution in [0.3, 0.4) is 0 Å². The van der Waals surface area contributed by atoms with E-state index >= 15 is 0 Å². The Bertz CT molecular complexity index is 1380. The van der Waals surface area contributed by atoms with E-state index in [0.29, 0.717) is 51.3 Å². The molecule has 1 aliphatic heterocycles. The number of unbranched alkanes of at least 4 members (excludes halogenated alkanes) is 3. The lowest BCUT2D eigenvalue weighted by Gasteiger charge is -2.28. The molecule has 1 aromatic heterocycles. The minimum atomic E-state index is -0.596. The highest BCUT2D eigenvalue weighted by Crippen LogP contribution is 2.43. The number of nitrogens with zero attached hydrogens (tertiary/aromatic N) is 3. The van der Waals surface area contributed by atoms with Crippen molar-refractivity contribution < 1.29 is 19.0 Å². The summed E-state index contributed by atoms with van der Waals surface area (Å²) in [5.41, 5.74) is 2.87. The summed E-state index contributed by atoms with van der Waals surface area (Å²) in [6, 6.07) is 10.9. The topological polar surface area (TPSA) is 87.5 Å². The molecule has 0 saturated carbocycles. The van der Waals surface area contributed by atoms with E-state index in [1.165, 1.54) is 18.2 Å². The van der Waals surface area contributed by atoms with Crippen molar-refractivity contribution >= 4 is 51.2 Å². The number of carbonyl (C=O) groups is 1. The first-order chi connectivity index (χ1) is 19.4. The number of allylic oxidation sites excluding steroid dienone is 1. The number of halogens is 2. The third kappa shape index (κ3) is 6.95. The first-order valence-electron chi connectivity index (χ1n) is 13.4. The molecule has 8 nitrogen and oxygen atoms in total. The number of nitrogens with one attached hydrogen (secondary N) is 1. The molecule has 0 spiro atoms. The molecule has 1 unspecified atom stereocenters. The summed E-state index contributed by atoms with van der Waals surface area (Å²) in [7, 11) is 1.61. The Morgan fingerprint density at radius 3 is 2.73 bits per heavy atom. The minimum Gasteiger partial charge on any atom is -0.493 e. The number of carbonyl (C=O) groups excluding carboxylic acids is 1. The molecule has 0 fully saturated rings. The summed E-state index contributed by atoms with van der Waals surface area (Å²) < 4.78 is 19.7. The highest BCUT2D eigenvalue weighted by atomic mass is 79.9. The van der Waals surface area contributed by atoms with Gasteiger partial charge in [-0.3, -0.25) is 0 Å². The number of fused-ring (bicyclic) bond motifs is 1. The smallest absolute Gasteiger partial charge is 0.338 e. The molecule has 1 atom stereocenters. The Kier molecular flexibility index (Phi) is 10.8. The van der Waals surface area contributed by atoms with Crippen molar-refractivity contribution in [2.45, 2.75) is 63.4 Å². The van der Waals surface area contributed by atoms with E-state index in [1.807, 2.05) is 43.3 Å². The predicted molar refractivity (Wildman–Crippen MR) is 162 cm³/mol. The number of ether oxygens (including phenoxy) is 3. The summed E-state index contributed by atoms with van der Waals surface area (Å²) in [5, 5.41) is 9.29. The molecule has 40 heavy (non-hydrogen) atoms. The fourth-order valence-corrected chi connectivity index (χ4v) is 6.16. The Balaban J connectivity index is 1.69. The van der Waals surface area contributed by atoms with E-state index < -0.39 is 12.0 Å². The Hall–Kier alpha value is -2.69. The summed E-state index contributed by atoms with van der Waals surface area (Å²) in [6.45, 7) is 6.66. The highest BCUT2D eigenvalue weighted by molar-refractivity contribution is 9.10. The number of methoxy groups -OCH3 is 1. The van der Waals surface area contributed by atoms with Crippen molar-refractivity contribution in [1.82, 2.24) is 14.8 Å². The van der Waals surface area contributed by atoms with Crippen molar-refractivity contribution in [3.05, 3.63) is 68.3 Å². The monoisotopic (exact) mass is 648 g/mol. The van der Waals surface area contributed by atoms with Gasteiger partial charge in [0, 0.05) is 16.5 Å². The Labute approximate surface area is 252 Å². The van der Waals surface area contributed by atoms with Crippen molar-refractivity contribution in [3.8, 4) is 11.5 Å². The lowest BCUT2D eigenvalue weighted by atomic mass is 9.95. The van der Waals surface area contributed by atoms with Gasteiger partial charge in [0.15, 0.2) is 11.5 Å². The van der Waals surface area contributed by atoms with E-state index in [2.05, 4.69) is 28.2 Å². The molecule has 1 aliphatic rings. The van der Waals surface area contributed by atoms with Crippen LogP contribution in [-0.4, -0.2) is 41.1 Å². The van der Waals surface area contributed by atoms with Crippen molar-refractivity contribution in [3.63, 3.8) is 0 Å². The standard InChI is InChI=1S/C29H34BrClN4O4S/c1-5-7-8-11-14-39-26-21(30)15-20(16-23(26)37-4)25-24(27(36)38-6-2)18(3)32-28-33-29(34-35(25)28)40-17-19-12-9-10-13-22(19)31/h9-10,12-13,15-16,25H,5-8,11,14,17H2,1-4H3,(H,32,33,34). The molecule has 0 radical (unpaired) electrons. The Morgan fingerprint density at radius 1 is 1.20 bits per heavy atom. The average molecular weight is 650 g/mol. The van der Waals surface area contributed by atoms with E-state index in [1.54, 1.807) is 18.7 Å². The molecule has 0 saturated heterocycles. The van der Waals surface area contributed by atoms with Gasteiger partial charge in [-0.1, -0.05) is 67.7 Å². The van der Waals surface area contributed by atoms with Gasteiger partial charge in [-0.05, 0) is 65.5 Å². The van der Waals surface area contributed by atoms with Gasteiger partial charge >= 0.3 is 5.97 Å². The maximum Gasteiger partial charge on any atom is 0.338 e. The second-order valence-electron chi connectivity index (χ2n) is 9.27. The number of hydrogen-bond donors (Lipinski definition) is 1. The molecule has 3 aromatic rings.